The van der Waals surface area contributed by atoms with Crippen LogP contribution in [0.4, 0.5) is 23.7 Å². The third-order valence-corrected chi connectivity index (χ3v) is 4.02. The van der Waals surface area contributed by atoms with E-state index < -0.39 is 23.3 Å². The lowest BCUT2D eigenvalue weighted by atomic mass is 9.85. The summed E-state index contributed by atoms with van der Waals surface area (Å²) in [6, 6.07) is 4.60. The minimum atomic E-state index is -4.95. The molecule has 2 amide bonds. The van der Waals surface area contributed by atoms with Gasteiger partial charge in [-0.15, -0.1) is 0 Å². The number of fused-ring (bicyclic) bond motifs is 1. The molecule has 2 aromatic rings. The Kier molecular flexibility index (Phi) is 4.42. The summed E-state index contributed by atoms with van der Waals surface area (Å²) in [6.07, 6.45) is -2.17. The molecule has 1 aliphatic heterocycles. The number of hydrogen-bond acceptors (Lipinski definition) is 3. The van der Waals surface area contributed by atoms with Crippen LogP contribution < -0.4 is 15.4 Å². The number of nitrogens with zero attached hydrogens (tertiary/aromatic N) is 1. The summed E-state index contributed by atoms with van der Waals surface area (Å²) in [4.78, 5) is 15.7. The van der Waals surface area contributed by atoms with Gasteiger partial charge in [-0.3, -0.25) is 4.98 Å². The molecule has 0 spiro atoms. The van der Waals surface area contributed by atoms with Crippen molar-refractivity contribution in [2.45, 2.75) is 11.7 Å². The molecule has 2 heterocycles. The number of pyridine rings is 1. The molecule has 0 aliphatic carbocycles. The number of aromatic nitrogens is 1. The summed E-state index contributed by atoms with van der Waals surface area (Å²) >= 11 is 6.00. The van der Waals surface area contributed by atoms with Gasteiger partial charge in [-0.1, -0.05) is 23.4 Å². The number of rotatable bonds is 1. The third-order valence-electron chi connectivity index (χ3n) is 3.72. The number of carbonyl (C=O) groups excluding carboxylic acids is 1. The van der Waals surface area contributed by atoms with E-state index in [0.29, 0.717) is 0 Å². The first-order valence-corrected chi connectivity index (χ1v) is 7.62. The van der Waals surface area contributed by atoms with Crippen LogP contribution >= 0.6 is 11.6 Å². The quantitative estimate of drug-likeness (QED) is 0.741. The molecule has 1 atom stereocenters. The van der Waals surface area contributed by atoms with Gasteiger partial charge < -0.3 is 15.4 Å². The number of carbonyl (C=O) groups is 1. The van der Waals surface area contributed by atoms with Gasteiger partial charge in [0.2, 0.25) is 5.54 Å². The average Bonchev–Trinajstić information content (AvgIpc) is 2.60. The highest BCUT2D eigenvalue weighted by atomic mass is 35.5. The van der Waals surface area contributed by atoms with Crippen molar-refractivity contribution in [2.24, 2.45) is 0 Å². The van der Waals surface area contributed by atoms with Gasteiger partial charge in [-0.2, -0.15) is 13.2 Å². The normalized spacial score (nSPS) is 18.7. The summed E-state index contributed by atoms with van der Waals surface area (Å²) in [7, 11) is 1.19. The van der Waals surface area contributed by atoms with E-state index in [9.17, 15) is 18.0 Å². The largest absolute Gasteiger partial charge is 0.495 e. The van der Waals surface area contributed by atoms with Crippen LogP contribution in [-0.4, -0.2) is 24.3 Å². The van der Waals surface area contributed by atoms with Crippen molar-refractivity contribution in [3.8, 4) is 17.6 Å². The summed E-state index contributed by atoms with van der Waals surface area (Å²) in [5.74, 6) is 4.35. The number of methoxy groups -OCH3 is 1. The maximum atomic E-state index is 14.1. The smallest absolute Gasteiger partial charge is 0.427 e. The third kappa shape index (κ3) is 2.91. The fourth-order valence-corrected chi connectivity index (χ4v) is 2.83. The fourth-order valence-electron chi connectivity index (χ4n) is 2.60. The van der Waals surface area contributed by atoms with Gasteiger partial charge in [0.25, 0.3) is 0 Å². The maximum Gasteiger partial charge on any atom is 0.427 e. The maximum absolute atomic E-state index is 14.1. The Bertz CT molecular complexity index is 923. The minimum absolute atomic E-state index is 0.0407. The van der Waals surface area contributed by atoms with E-state index in [1.165, 1.54) is 43.8 Å². The molecule has 26 heavy (non-hydrogen) atoms. The van der Waals surface area contributed by atoms with Crippen molar-refractivity contribution in [1.82, 2.24) is 10.3 Å². The first kappa shape index (κ1) is 17.9. The van der Waals surface area contributed by atoms with Gasteiger partial charge in [0.15, 0.2) is 0 Å². The molecule has 0 fully saturated rings. The Hall–Kier alpha value is -2.92. The van der Waals surface area contributed by atoms with Gasteiger partial charge in [-0.25, -0.2) is 4.79 Å². The summed E-state index contributed by atoms with van der Waals surface area (Å²) in [5, 5.41) is 4.17. The van der Waals surface area contributed by atoms with E-state index in [1.807, 2.05) is 5.32 Å². The lowest BCUT2D eigenvalue weighted by Gasteiger charge is -2.38. The number of nitrogens with one attached hydrogen (secondary N) is 2. The molecule has 1 unspecified atom stereocenters. The van der Waals surface area contributed by atoms with Crippen LogP contribution in [0.1, 0.15) is 11.1 Å². The number of benzene rings is 1. The number of amides is 2. The van der Waals surface area contributed by atoms with Gasteiger partial charge in [0.1, 0.15) is 5.75 Å². The van der Waals surface area contributed by atoms with Crippen molar-refractivity contribution in [3.05, 3.63) is 52.8 Å². The van der Waals surface area contributed by atoms with Crippen molar-refractivity contribution >= 4 is 23.3 Å². The van der Waals surface area contributed by atoms with Crippen LogP contribution in [-0.2, 0) is 5.54 Å². The van der Waals surface area contributed by atoms with Crippen LogP contribution in [0.5, 0.6) is 5.75 Å². The van der Waals surface area contributed by atoms with E-state index in [0.717, 1.165) is 0 Å². The van der Waals surface area contributed by atoms with Gasteiger partial charge >= 0.3 is 12.2 Å². The number of urea groups is 1. The molecule has 9 heteroatoms. The van der Waals surface area contributed by atoms with Crippen molar-refractivity contribution < 1.29 is 22.7 Å². The Labute approximate surface area is 151 Å². The monoisotopic (exact) mass is 381 g/mol. The van der Waals surface area contributed by atoms with Crippen LogP contribution in [0.15, 0.2) is 36.7 Å². The zero-order chi connectivity index (χ0) is 18.9. The Morgan fingerprint density at radius 1 is 1.31 bits per heavy atom. The molecule has 5 nitrogen and oxygen atoms in total. The van der Waals surface area contributed by atoms with Crippen LogP contribution in [0.25, 0.3) is 0 Å². The highest BCUT2D eigenvalue weighted by molar-refractivity contribution is 6.32. The predicted octanol–water partition coefficient (Wildman–Crippen LogP) is 3.69. The van der Waals surface area contributed by atoms with Crippen LogP contribution in [0.2, 0.25) is 5.02 Å². The highest BCUT2D eigenvalue weighted by Gasteiger charge is 2.61. The Morgan fingerprint density at radius 3 is 2.69 bits per heavy atom. The fraction of sp³-hybridized carbons (Fsp3) is 0.176. The lowest BCUT2D eigenvalue weighted by molar-refractivity contribution is -0.179. The molecule has 3 rings (SSSR count). The summed E-state index contributed by atoms with van der Waals surface area (Å²) < 4.78 is 47.5. The second-order valence-corrected chi connectivity index (χ2v) is 5.73. The molecule has 2 N–H and O–H groups in total. The van der Waals surface area contributed by atoms with Crippen molar-refractivity contribution in [2.75, 3.05) is 12.4 Å². The Morgan fingerprint density at radius 2 is 2.08 bits per heavy atom. The second kappa shape index (κ2) is 6.42. The minimum Gasteiger partial charge on any atom is -0.495 e. The highest BCUT2D eigenvalue weighted by Crippen LogP contribution is 2.49. The molecule has 0 radical (unpaired) electrons. The van der Waals surface area contributed by atoms with Gasteiger partial charge in [0, 0.05) is 18.0 Å². The van der Waals surface area contributed by atoms with Gasteiger partial charge in [0.05, 0.1) is 23.4 Å². The summed E-state index contributed by atoms with van der Waals surface area (Å²) in [6.45, 7) is 0. The molecule has 0 saturated heterocycles. The first-order chi connectivity index (χ1) is 12.3. The predicted molar refractivity (Wildman–Crippen MR) is 89.0 cm³/mol. The second-order valence-electron chi connectivity index (χ2n) is 5.32. The van der Waals surface area contributed by atoms with Crippen LogP contribution in [0, 0.1) is 11.8 Å². The number of anilines is 1. The lowest BCUT2D eigenvalue weighted by Crippen LogP contribution is -2.59. The molecule has 1 aromatic heterocycles. The van der Waals surface area contributed by atoms with E-state index >= 15 is 0 Å². The van der Waals surface area contributed by atoms with E-state index in [2.05, 4.69) is 22.1 Å². The molecule has 134 valence electrons. The zero-order valence-electron chi connectivity index (χ0n) is 13.2. The van der Waals surface area contributed by atoms with Gasteiger partial charge in [-0.05, 0) is 24.3 Å². The van der Waals surface area contributed by atoms with E-state index in [4.69, 9.17) is 16.3 Å². The molecule has 1 aromatic carbocycles. The van der Waals surface area contributed by atoms with E-state index in [-0.39, 0.29) is 22.0 Å². The van der Waals surface area contributed by atoms with Crippen molar-refractivity contribution in [3.63, 3.8) is 0 Å². The van der Waals surface area contributed by atoms with E-state index in [1.54, 1.807) is 0 Å². The number of alkyl halides is 3. The first-order valence-electron chi connectivity index (χ1n) is 7.24. The molecule has 0 bridgehead atoms. The standard InChI is InChI=1S/C17H11ClF3N3O2/c1-26-14-11(18)4-5-12-13(14)16(17(19,20)21,24-15(25)23-12)7-6-10-3-2-8-22-9-10/h2-5,8-9H,1H3,(H2,23,24,25). The average molecular weight is 382 g/mol. The Balaban J connectivity index is 2.32. The SMILES string of the molecule is COc1c(Cl)ccc2c1C(C#Cc1cccnc1)(C(F)(F)F)NC(=O)N2. The molecule has 1 aliphatic rings. The zero-order valence-corrected chi connectivity index (χ0v) is 14.0. The number of hydrogen-bond donors (Lipinski definition) is 2. The molecular formula is C17H11ClF3N3O2. The molecule has 0 saturated carbocycles. The summed E-state index contributed by atoms with van der Waals surface area (Å²) in [5.41, 5.74) is -3.24. The topological polar surface area (TPSA) is 63.2 Å². The number of halogens is 4. The van der Waals surface area contributed by atoms with Crippen LogP contribution in [0.3, 0.4) is 0 Å². The molecular weight excluding hydrogens is 371 g/mol. The van der Waals surface area contributed by atoms with Crippen molar-refractivity contribution in [1.29, 1.82) is 0 Å². The number of ether oxygens (including phenoxy) is 1.